The normalized spacial score (nSPS) is 12.5. The van der Waals surface area contributed by atoms with Gasteiger partial charge >= 0.3 is 5.97 Å². The van der Waals surface area contributed by atoms with Crippen molar-refractivity contribution in [1.29, 1.82) is 0 Å². The lowest BCUT2D eigenvalue weighted by molar-refractivity contribution is -0.112. The summed E-state index contributed by atoms with van der Waals surface area (Å²) in [4.78, 5) is 23.3. The van der Waals surface area contributed by atoms with Crippen LogP contribution in [0.25, 0.3) is 0 Å². The van der Waals surface area contributed by atoms with E-state index in [0.29, 0.717) is 0 Å². The Labute approximate surface area is 139 Å². The minimum absolute atomic E-state index is 0.0152. The van der Waals surface area contributed by atoms with Gasteiger partial charge in [-0.2, -0.15) is 0 Å². The number of para-hydroxylation sites is 1. The van der Waals surface area contributed by atoms with Crippen LogP contribution in [0.3, 0.4) is 0 Å². The number of anilines is 1. The maximum absolute atomic E-state index is 12.1. The molecule has 0 bridgehead atoms. The van der Waals surface area contributed by atoms with Crippen molar-refractivity contribution >= 4 is 29.2 Å². The monoisotopic (exact) mass is 329 g/mol. The smallest absolute Gasteiger partial charge is 0.337 e. The maximum atomic E-state index is 12.1. The number of hydrogen-bond acceptors (Lipinski definition) is 2. The number of nitrogens with one attached hydrogen (secondary N) is 1. The number of allylic oxidation sites excluding steroid dienone is 1. The summed E-state index contributed by atoms with van der Waals surface area (Å²) in [5.74, 6) is -1.69. The van der Waals surface area contributed by atoms with Gasteiger partial charge in [0, 0.05) is 5.92 Å². The number of carbonyl (C=O) groups is 2. The molecule has 0 aliphatic carbocycles. The second-order valence-electron chi connectivity index (χ2n) is 5.02. The number of amides is 1. The fourth-order valence-electron chi connectivity index (χ4n) is 2.11. The molecule has 4 nitrogen and oxygen atoms in total. The van der Waals surface area contributed by atoms with Gasteiger partial charge in [0.15, 0.2) is 0 Å². The van der Waals surface area contributed by atoms with E-state index in [4.69, 9.17) is 16.7 Å². The van der Waals surface area contributed by atoms with Crippen LogP contribution in [0.2, 0.25) is 0 Å². The quantitative estimate of drug-likeness (QED) is 0.806. The molecule has 1 unspecified atom stereocenters. The number of carboxylic acids is 1. The van der Waals surface area contributed by atoms with Gasteiger partial charge in [0.2, 0.25) is 0 Å². The number of rotatable bonds is 5. The summed E-state index contributed by atoms with van der Waals surface area (Å²) in [6.45, 7) is 1.93. The molecule has 0 heterocycles. The lowest BCUT2D eigenvalue weighted by Crippen LogP contribution is -2.15. The van der Waals surface area contributed by atoms with Gasteiger partial charge < -0.3 is 10.4 Å². The van der Waals surface area contributed by atoms with E-state index in [1.807, 2.05) is 37.3 Å². The van der Waals surface area contributed by atoms with E-state index in [2.05, 4.69) is 5.32 Å². The number of carboxylic acid groups (broad SMARTS) is 1. The highest BCUT2D eigenvalue weighted by molar-refractivity contribution is 6.44. The van der Waals surface area contributed by atoms with Crippen molar-refractivity contribution in [2.75, 3.05) is 5.32 Å². The Morgan fingerprint density at radius 3 is 2.35 bits per heavy atom. The van der Waals surface area contributed by atoms with E-state index in [-0.39, 0.29) is 22.2 Å². The van der Waals surface area contributed by atoms with Gasteiger partial charge in [-0.25, -0.2) is 4.79 Å². The summed E-state index contributed by atoms with van der Waals surface area (Å²) in [6.07, 6.45) is 1.63. The van der Waals surface area contributed by atoms with Crippen molar-refractivity contribution in [3.63, 3.8) is 0 Å². The molecule has 0 aliphatic heterocycles. The van der Waals surface area contributed by atoms with E-state index in [9.17, 15) is 9.59 Å². The first-order valence-corrected chi connectivity index (χ1v) is 7.42. The van der Waals surface area contributed by atoms with Gasteiger partial charge in [0.1, 0.15) is 5.03 Å². The highest BCUT2D eigenvalue weighted by atomic mass is 35.5. The molecule has 0 fully saturated rings. The molecule has 0 saturated heterocycles. The molecular formula is C18H16ClNO3. The minimum Gasteiger partial charge on any atom is -0.478 e. The van der Waals surface area contributed by atoms with Crippen LogP contribution in [0, 0.1) is 0 Å². The van der Waals surface area contributed by atoms with Crippen molar-refractivity contribution < 1.29 is 14.7 Å². The van der Waals surface area contributed by atoms with Crippen LogP contribution in [0.4, 0.5) is 5.69 Å². The number of hydrogen-bond donors (Lipinski definition) is 2. The summed E-state index contributed by atoms with van der Waals surface area (Å²) in [5.41, 5.74) is 1.26. The third-order valence-electron chi connectivity index (χ3n) is 3.34. The molecule has 2 N–H and O–H groups in total. The molecule has 0 saturated carbocycles. The third kappa shape index (κ3) is 4.44. The first-order chi connectivity index (χ1) is 11.0. The number of carbonyl (C=O) groups excluding carboxylic acids is 1. The molecular weight excluding hydrogens is 314 g/mol. The predicted octanol–water partition coefficient (Wildman–Crippen LogP) is 4.25. The Balaban J connectivity index is 2.14. The van der Waals surface area contributed by atoms with Gasteiger partial charge in [0.25, 0.3) is 5.91 Å². The molecule has 118 valence electrons. The topological polar surface area (TPSA) is 66.4 Å². The summed E-state index contributed by atoms with van der Waals surface area (Å²) < 4.78 is 0. The maximum Gasteiger partial charge on any atom is 0.337 e. The van der Waals surface area contributed by atoms with Crippen LogP contribution in [-0.2, 0) is 4.79 Å². The summed E-state index contributed by atoms with van der Waals surface area (Å²) in [7, 11) is 0. The summed E-state index contributed by atoms with van der Waals surface area (Å²) >= 11 is 6.06. The van der Waals surface area contributed by atoms with Crippen molar-refractivity contribution in [2.24, 2.45) is 0 Å². The van der Waals surface area contributed by atoms with Gasteiger partial charge in [-0.1, -0.05) is 67.1 Å². The SMILES string of the molecule is CC(/C=C(\Cl)C(=O)Nc1ccccc1C(=O)O)c1ccccc1. The average Bonchev–Trinajstić information content (AvgIpc) is 2.55. The second-order valence-corrected chi connectivity index (χ2v) is 5.43. The minimum atomic E-state index is -1.11. The van der Waals surface area contributed by atoms with Crippen LogP contribution in [0.1, 0.15) is 28.8 Å². The van der Waals surface area contributed by atoms with E-state index < -0.39 is 11.9 Å². The molecule has 1 amide bonds. The highest BCUT2D eigenvalue weighted by Gasteiger charge is 2.14. The molecule has 0 aliphatic rings. The van der Waals surface area contributed by atoms with Crippen molar-refractivity contribution in [1.82, 2.24) is 0 Å². The molecule has 23 heavy (non-hydrogen) atoms. The summed E-state index contributed by atoms with van der Waals surface area (Å²) in [6, 6.07) is 15.8. The van der Waals surface area contributed by atoms with Gasteiger partial charge in [0.05, 0.1) is 11.3 Å². The zero-order valence-electron chi connectivity index (χ0n) is 12.5. The Morgan fingerprint density at radius 1 is 1.09 bits per heavy atom. The molecule has 1 atom stereocenters. The van der Waals surface area contributed by atoms with Gasteiger partial charge in [-0.3, -0.25) is 4.79 Å². The van der Waals surface area contributed by atoms with Crippen LogP contribution in [-0.4, -0.2) is 17.0 Å². The Bertz CT molecular complexity index is 741. The molecule has 2 rings (SSSR count). The lowest BCUT2D eigenvalue weighted by Gasteiger charge is -2.10. The van der Waals surface area contributed by atoms with Crippen LogP contribution >= 0.6 is 11.6 Å². The van der Waals surface area contributed by atoms with Crippen molar-refractivity contribution in [2.45, 2.75) is 12.8 Å². The molecule has 0 spiro atoms. The molecule has 0 aromatic heterocycles. The highest BCUT2D eigenvalue weighted by Crippen LogP contribution is 2.21. The number of benzene rings is 2. The molecule has 0 radical (unpaired) electrons. The standard InChI is InChI=1S/C18H16ClNO3/c1-12(13-7-3-2-4-8-13)11-15(19)17(21)20-16-10-6-5-9-14(16)18(22)23/h2-12H,1H3,(H,20,21)(H,22,23)/b15-11-. The predicted molar refractivity (Wildman–Crippen MR) is 90.8 cm³/mol. The Hall–Kier alpha value is -2.59. The van der Waals surface area contributed by atoms with Crippen molar-refractivity contribution in [3.8, 4) is 0 Å². The van der Waals surface area contributed by atoms with Crippen molar-refractivity contribution in [3.05, 3.63) is 76.8 Å². The van der Waals surface area contributed by atoms with Gasteiger partial charge in [-0.05, 0) is 17.7 Å². The van der Waals surface area contributed by atoms with E-state index in [1.54, 1.807) is 18.2 Å². The van der Waals surface area contributed by atoms with Gasteiger partial charge in [-0.15, -0.1) is 0 Å². The fourth-order valence-corrected chi connectivity index (χ4v) is 2.34. The first-order valence-electron chi connectivity index (χ1n) is 7.05. The largest absolute Gasteiger partial charge is 0.478 e. The number of halogens is 1. The molecule has 2 aromatic rings. The number of aromatic carboxylic acids is 1. The zero-order chi connectivity index (χ0) is 16.8. The van der Waals surface area contributed by atoms with Crippen LogP contribution in [0.5, 0.6) is 0 Å². The van der Waals surface area contributed by atoms with E-state index in [1.165, 1.54) is 12.1 Å². The van der Waals surface area contributed by atoms with E-state index in [0.717, 1.165) is 5.56 Å². The first kappa shape index (κ1) is 16.8. The molecule has 5 heteroatoms. The summed E-state index contributed by atoms with van der Waals surface area (Å²) in [5, 5.41) is 11.7. The Morgan fingerprint density at radius 2 is 1.70 bits per heavy atom. The van der Waals surface area contributed by atoms with E-state index >= 15 is 0 Å². The fraction of sp³-hybridized carbons (Fsp3) is 0.111. The zero-order valence-corrected chi connectivity index (χ0v) is 13.2. The molecule has 2 aromatic carbocycles. The van der Waals surface area contributed by atoms with Crippen LogP contribution in [0.15, 0.2) is 65.7 Å². The average molecular weight is 330 g/mol. The Kier molecular flexibility index (Phi) is 5.55. The third-order valence-corrected chi connectivity index (χ3v) is 3.64. The second kappa shape index (κ2) is 7.61. The lowest BCUT2D eigenvalue weighted by atomic mass is 10.0. The van der Waals surface area contributed by atoms with Crippen LogP contribution < -0.4 is 5.32 Å².